The number of carbonyl (C=O) groups is 1. The quantitative estimate of drug-likeness (QED) is 0.849. The minimum absolute atomic E-state index is 0.141. The minimum atomic E-state index is 0.141. The Morgan fingerprint density at radius 2 is 1.91 bits per heavy atom. The number of thiophene rings is 1. The largest absolute Gasteiger partial charge is 0.352 e. The van der Waals surface area contributed by atoms with Crippen LogP contribution in [0.1, 0.15) is 34.5 Å². The molecule has 0 saturated carbocycles. The highest BCUT2D eigenvalue weighted by molar-refractivity contribution is 7.08. The van der Waals surface area contributed by atoms with Crippen LogP contribution < -0.4 is 4.90 Å². The zero-order chi connectivity index (χ0) is 15.6. The van der Waals surface area contributed by atoms with Crippen LogP contribution >= 0.6 is 11.3 Å². The molecule has 0 N–H and O–H groups in total. The Bertz CT molecular complexity index is 693. The summed E-state index contributed by atoms with van der Waals surface area (Å²) in [6.07, 6.45) is 4.66. The summed E-state index contributed by atoms with van der Waals surface area (Å²) >= 11 is 1.57. The maximum Gasteiger partial charge on any atom is 0.254 e. The molecule has 1 aliphatic carbocycles. The lowest BCUT2D eigenvalue weighted by Gasteiger charge is -2.35. The second-order valence-corrected chi connectivity index (χ2v) is 6.95. The van der Waals surface area contributed by atoms with E-state index < -0.39 is 0 Å². The highest BCUT2D eigenvalue weighted by Gasteiger charge is 2.24. The van der Waals surface area contributed by atoms with Gasteiger partial charge >= 0.3 is 0 Å². The van der Waals surface area contributed by atoms with Crippen molar-refractivity contribution in [1.29, 1.82) is 0 Å². The summed E-state index contributed by atoms with van der Waals surface area (Å²) in [5, 5.41) is 12.7. The van der Waals surface area contributed by atoms with Crippen molar-refractivity contribution in [3.8, 4) is 0 Å². The van der Waals surface area contributed by atoms with E-state index >= 15 is 0 Å². The second kappa shape index (κ2) is 6.28. The number of hydrogen-bond donors (Lipinski definition) is 0. The highest BCUT2D eigenvalue weighted by Crippen LogP contribution is 2.23. The molecule has 2 aliphatic rings. The Hall–Kier alpha value is -1.95. The second-order valence-electron chi connectivity index (χ2n) is 6.17. The number of carbonyl (C=O) groups excluding carboxylic acids is 1. The van der Waals surface area contributed by atoms with Crippen molar-refractivity contribution < 1.29 is 4.79 Å². The predicted molar refractivity (Wildman–Crippen MR) is 91.1 cm³/mol. The lowest BCUT2D eigenvalue weighted by Crippen LogP contribution is -2.49. The molecule has 6 heteroatoms. The summed E-state index contributed by atoms with van der Waals surface area (Å²) in [7, 11) is 0. The van der Waals surface area contributed by atoms with Crippen LogP contribution in [0.5, 0.6) is 0 Å². The first-order valence-corrected chi connectivity index (χ1v) is 9.17. The maximum absolute atomic E-state index is 12.4. The summed E-state index contributed by atoms with van der Waals surface area (Å²) in [6, 6.07) is 4.10. The van der Waals surface area contributed by atoms with E-state index in [1.807, 2.05) is 21.7 Å². The average Bonchev–Trinajstić information content (AvgIpc) is 3.15. The molecule has 0 bridgehead atoms. The van der Waals surface area contributed by atoms with Gasteiger partial charge in [-0.25, -0.2) is 0 Å². The van der Waals surface area contributed by atoms with Crippen LogP contribution in [0.2, 0.25) is 0 Å². The molecular weight excluding hydrogens is 308 g/mol. The third kappa shape index (κ3) is 2.95. The van der Waals surface area contributed by atoms with E-state index in [1.54, 1.807) is 11.3 Å². The van der Waals surface area contributed by atoms with E-state index in [2.05, 4.69) is 21.2 Å². The van der Waals surface area contributed by atoms with Crippen LogP contribution in [-0.2, 0) is 12.8 Å². The van der Waals surface area contributed by atoms with Gasteiger partial charge in [0, 0.05) is 31.6 Å². The highest BCUT2D eigenvalue weighted by atomic mass is 32.1. The number of aryl methyl sites for hydroxylation is 2. The Morgan fingerprint density at radius 1 is 1.09 bits per heavy atom. The lowest BCUT2D eigenvalue weighted by molar-refractivity contribution is 0.0747. The molecule has 23 heavy (non-hydrogen) atoms. The number of anilines is 1. The van der Waals surface area contributed by atoms with Crippen molar-refractivity contribution in [2.45, 2.75) is 25.7 Å². The topological polar surface area (TPSA) is 49.3 Å². The van der Waals surface area contributed by atoms with E-state index in [9.17, 15) is 4.79 Å². The van der Waals surface area contributed by atoms with Crippen LogP contribution in [0.15, 0.2) is 22.9 Å². The van der Waals surface area contributed by atoms with Gasteiger partial charge in [0.2, 0.25) is 0 Å². The SMILES string of the molecule is O=C(c1ccsc1)N1CCN(c2cc3c(nn2)CCCC3)CC1. The molecule has 120 valence electrons. The van der Waals surface area contributed by atoms with Crippen molar-refractivity contribution in [1.82, 2.24) is 15.1 Å². The minimum Gasteiger partial charge on any atom is -0.352 e. The van der Waals surface area contributed by atoms with Crippen molar-refractivity contribution >= 4 is 23.1 Å². The summed E-state index contributed by atoms with van der Waals surface area (Å²) in [5.41, 5.74) is 3.33. The molecule has 1 amide bonds. The molecule has 0 spiro atoms. The van der Waals surface area contributed by atoms with Crippen molar-refractivity contribution in [2.24, 2.45) is 0 Å². The number of piperazine rings is 1. The monoisotopic (exact) mass is 328 g/mol. The Balaban J connectivity index is 1.42. The van der Waals surface area contributed by atoms with Crippen LogP contribution in [-0.4, -0.2) is 47.2 Å². The molecule has 3 heterocycles. The molecule has 2 aromatic heterocycles. The van der Waals surface area contributed by atoms with Crippen molar-refractivity contribution in [3.63, 3.8) is 0 Å². The summed E-state index contributed by atoms with van der Waals surface area (Å²) in [4.78, 5) is 16.6. The van der Waals surface area contributed by atoms with Gasteiger partial charge in [-0.3, -0.25) is 4.79 Å². The number of amides is 1. The number of hydrogen-bond acceptors (Lipinski definition) is 5. The van der Waals surface area contributed by atoms with E-state index in [-0.39, 0.29) is 5.91 Å². The number of aromatic nitrogens is 2. The Morgan fingerprint density at radius 3 is 2.70 bits per heavy atom. The van der Waals surface area contributed by atoms with Crippen LogP contribution in [0, 0.1) is 0 Å². The first-order chi connectivity index (χ1) is 11.3. The van der Waals surface area contributed by atoms with Crippen LogP contribution in [0.25, 0.3) is 0 Å². The summed E-state index contributed by atoms with van der Waals surface area (Å²) < 4.78 is 0. The van der Waals surface area contributed by atoms with E-state index in [0.29, 0.717) is 0 Å². The van der Waals surface area contributed by atoms with E-state index in [4.69, 9.17) is 0 Å². The molecule has 4 rings (SSSR count). The summed E-state index contributed by atoms with van der Waals surface area (Å²) in [5.74, 6) is 1.11. The number of nitrogens with zero attached hydrogens (tertiary/aromatic N) is 4. The molecule has 0 radical (unpaired) electrons. The Kier molecular flexibility index (Phi) is 3.99. The molecule has 0 aromatic carbocycles. The fraction of sp³-hybridized carbons (Fsp3) is 0.471. The van der Waals surface area contributed by atoms with Crippen LogP contribution in [0.3, 0.4) is 0 Å². The molecule has 0 atom stereocenters. The van der Waals surface area contributed by atoms with Gasteiger partial charge in [-0.1, -0.05) is 0 Å². The third-order valence-corrected chi connectivity index (χ3v) is 5.40. The first kappa shape index (κ1) is 14.6. The molecule has 1 saturated heterocycles. The Labute approximate surface area is 139 Å². The van der Waals surface area contributed by atoms with Gasteiger partial charge in [-0.2, -0.15) is 16.4 Å². The van der Waals surface area contributed by atoms with E-state index in [1.165, 1.54) is 24.1 Å². The van der Waals surface area contributed by atoms with Gasteiger partial charge < -0.3 is 9.80 Å². The smallest absolute Gasteiger partial charge is 0.254 e. The normalized spacial score (nSPS) is 17.9. The molecule has 0 unspecified atom stereocenters. The van der Waals surface area contributed by atoms with Gasteiger partial charge in [0.25, 0.3) is 5.91 Å². The van der Waals surface area contributed by atoms with Crippen molar-refractivity contribution in [3.05, 3.63) is 39.7 Å². The predicted octanol–water partition coefficient (Wildman–Crippen LogP) is 2.38. The zero-order valence-corrected chi connectivity index (χ0v) is 13.9. The maximum atomic E-state index is 12.4. The first-order valence-electron chi connectivity index (χ1n) is 8.23. The van der Waals surface area contributed by atoms with Gasteiger partial charge in [0.05, 0.1) is 11.3 Å². The number of rotatable bonds is 2. The van der Waals surface area contributed by atoms with Gasteiger partial charge in [0.1, 0.15) is 0 Å². The van der Waals surface area contributed by atoms with Gasteiger partial charge in [-0.15, -0.1) is 5.10 Å². The van der Waals surface area contributed by atoms with Gasteiger partial charge in [0.15, 0.2) is 5.82 Å². The van der Waals surface area contributed by atoms with Crippen LogP contribution in [0.4, 0.5) is 5.82 Å². The standard InChI is InChI=1S/C17H20N4OS/c22-17(14-5-10-23-12-14)21-8-6-20(7-9-21)16-11-13-3-1-2-4-15(13)18-19-16/h5,10-12H,1-4,6-9H2. The van der Waals surface area contributed by atoms with E-state index in [0.717, 1.165) is 50.4 Å². The molecule has 1 fully saturated rings. The average molecular weight is 328 g/mol. The summed E-state index contributed by atoms with van der Waals surface area (Å²) in [6.45, 7) is 3.13. The molecular formula is C17H20N4OS. The molecule has 1 aliphatic heterocycles. The fourth-order valence-electron chi connectivity index (χ4n) is 3.34. The molecule has 5 nitrogen and oxygen atoms in total. The van der Waals surface area contributed by atoms with Gasteiger partial charge in [-0.05, 0) is 48.8 Å². The number of fused-ring (bicyclic) bond motifs is 1. The molecule has 2 aromatic rings. The third-order valence-electron chi connectivity index (χ3n) is 4.72. The fourth-order valence-corrected chi connectivity index (χ4v) is 3.97. The van der Waals surface area contributed by atoms with Crippen molar-refractivity contribution in [2.75, 3.05) is 31.1 Å². The zero-order valence-electron chi connectivity index (χ0n) is 13.1. The lowest BCUT2D eigenvalue weighted by atomic mass is 9.97.